The zero-order valence-electron chi connectivity index (χ0n) is 15.3. The fourth-order valence-electron chi connectivity index (χ4n) is 3.00. The number of nitrogen functional groups attached to an aromatic ring is 1. The lowest BCUT2D eigenvalue weighted by Gasteiger charge is -2.33. The van der Waals surface area contributed by atoms with Crippen molar-refractivity contribution in [3.63, 3.8) is 0 Å². The van der Waals surface area contributed by atoms with Gasteiger partial charge in [0.1, 0.15) is 22.2 Å². The summed E-state index contributed by atoms with van der Waals surface area (Å²) in [7, 11) is 1.92. The number of morpholine rings is 1. The molecule has 0 bridgehead atoms. The van der Waals surface area contributed by atoms with Crippen molar-refractivity contribution in [2.75, 3.05) is 43.9 Å². The van der Waals surface area contributed by atoms with Crippen LogP contribution in [0.3, 0.4) is 0 Å². The van der Waals surface area contributed by atoms with E-state index in [1.165, 1.54) is 11.8 Å². The first-order chi connectivity index (χ1) is 13.6. The van der Waals surface area contributed by atoms with Gasteiger partial charge in [0.2, 0.25) is 0 Å². The minimum atomic E-state index is 0.144. The van der Waals surface area contributed by atoms with Gasteiger partial charge in [-0.15, -0.1) is 0 Å². The first-order valence-corrected chi connectivity index (χ1v) is 10.1. The maximum atomic E-state index is 6.22. The molecule has 0 saturated carbocycles. The van der Waals surface area contributed by atoms with Crippen LogP contribution in [0.4, 0.5) is 11.6 Å². The SMILES string of the molecule is CNCC1CN(c2cnc3nc(Sc4ccnc(N)c4Cl)ccc3n2)CCO1. The Morgan fingerprint density at radius 1 is 1.32 bits per heavy atom. The van der Waals surface area contributed by atoms with Gasteiger partial charge in [0, 0.05) is 30.7 Å². The number of fused-ring (bicyclic) bond motifs is 1. The maximum absolute atomic E-state index is 6.22. The molecule has 146 valence electrons. The third kappa shape index (κ3) is 4.12. The Balaban J connectivity index is 1.55. The third-order valence-electron chi connectivity index (χ3n) is 4.36. The van der Waals surface area contributed by atoms with Crippen molar-refractivity contribution in [3.05, 3.63) is 35.6 Å². The molecule has 0 aromatic carbocycles. The first kappa shape index (κ1) is 19.1. The summed E-state index contributed by atoms with van der Waals surface area (Å²) in [6, 6.07) is 5.64. The molecule has 1 fully saturated rings. The molecule has 0 spiro atoms. The Labute approximate surface area is 171 Å². The highest BCUT2D eigenvalue weighted by molar-refractivity contribution is 7.99. The molecule has 4 rings (SSSR count). The molecule has 1 aliphatic heterocycles. The lowest BCUT2D eigenvalue weighted by molar-refractivity contribution is 0.0419. The molecule has 8 nitrogen and oxygen atoms in total. The van der Waals surface area contributed by atoms with Gasteiger partial charge in [0.15, 0.2) is 5.65 Å². The van der Waals surface area contributed by atoms with Gasteiger partial charge in [-0.25, -0.2) is 19.9 Å². The van der Waals surface area contributed by atoms with E-state index in [1.807, 2.05) is 25.2 Å². The monoisotopic (exact) mass is 417 g/mol. The maximum Gasteiger partial charge on any atom is 0.179 e. The molecule has 3 aromatic heterocycles. The highest BCUT2D eigenvalue weighted by Crippen LogP contribution is 2.34. The van der Waals surface area contributed by atoms with Crippen LogP contribution in [-0.2, 0) is 4.74 Å². The molecule has 28 heavy (non-hydrogen) atoms. The van der Waals surface area contributed by atoms with Gasteiger partial charge >= 0.3 is 0 Å². The lowest BCUT2D eigenvalue weighted by Crippen LogP contribution is -2.46. The van der Waals surface area contributed by atoms with Crippen molar-refractivity contribution < 1.29 is 4.74 Å². The predicted octanol–water partition coefficient (Wildman–Crippen LogP) is 2.23. The van der Waals surface area contributed by atoms with E-state index in [0.717, 1.165) is 40.9 Å². The van der Waals surface area contributed by atoms with Crippen molar-refractivity contribution >= 4 is 46.2 Å². The molecule has 0 radical (unpaired) electrons. The average Bonchev–Trinajstić information content (AvgIpc) is 2.71. The highest BCUT2D eigenvalue weighted by Gasteiger charge is 2.21. The molecule has 3 N–H and O–H groups in total. The van der Waals surface area contributed by atoms with Crippen LogP contribution >= 0.6 is 23.4 Å². The summed E-state index contributed by atoms with van der Waals surface area (Å²) in [5.41, 5.74) is 7.10. The van der Waals surface area contributed by atoms with Crippen molar-refractivity contribution in [3.8, 4) is 0 Å². The Morgan fingerprint density at radius 3 is 3.07 bits per heavy atom. The molecule has 1 atom stereocenters. The lowest BCUT2D eigenvalue weighted by atomic mass is 10.2. The van der Waals surface area contributed by atoms with E-state index in [-0.39, 0.29) is 6.10 Å². The minimum Gasteiger partial charge on any atom is -0.382 e. The number of nitrogens with zero attached hydrogens (tertiary/aromatic N) is 5. The molecule has 1 aliphatic rings. The zero-order valence-corrected chi connectivity index (χ0v) is 16.9. The average molecular weight is 418 g/mol. The number of hydrogen-bond donors (Lipinski definition) is 2. The summed E-state index contributed by atoms with van der Waals surface area (Å²) < 4.78 is 5.76. The number of rotatable bonds is 5. The number of pyridine rings is 2. The fraction of sp³-hybridized carbons (Fsp3) is 0.333. The van der Waals surface area contributed by atoms with Gasteiger partial charge in [-0.2, -0.15) is 0 Å². The van der Waals surface area contributed by atoms with E-state index in [9.17, 15) is 0 Å². The normalized spacial score (nSPS) is 17.2. The number of hydrogen-bond acceptors (Lipinski definition) is 9. The van der Waals surface area contributed by atoms with Gasteiger partial charge in [0.25, 0.3) is 0 Å². The van der Waals surface area contributed by atoms with Crippen molar-refractivity contribution in [2.45, 2.75) is 16.0 Å². The summed E-state index contributed by atoms with van der Waals surface area (Å²) in [6.07, 6.45) is 3.54. The largest absolute Gasteiger partial charge is 0.382 e. The quantitative estimate of drug-likeness (QED) is 0.646. The van der Waals surface area contributed by atoms with Gasteiger partial charge in [0.05, 0.1) is 23.9 Å². The first-order valence-electron chi connectivity index (χ1n) is 8.87. The fourth-order valence-corrected chi connectivity index (χ4v) is 4.04. The number of ether oxygens (including phenoxy) is 1. The molecule has 10 heteroatoms. The Morgan fingerprint density at radius 2 is 2.21 bits per heavy atom. The number of nitrogens with one attached hydrogen (secondary N) is 1. The Bertz CT molecular complexity index is 987. The van der Waals surface area contributed by atoms with E-state index < -0.39 is 0 Å². The van der Waals surface area contributed by atoms with Crippen LogP contribution in [0.2, 0.25) is 5.02 Å². The molecule has 0 aliphatic carbocycles. The summed E-state index contributed by atoms with van der Waals surface area (Å²) in [4.78, 5) is 20.8. The van der Waals surface area contributed by atoms with Crippen LogP contribution in [0.1, 0.15) is 0 Å². The summed E-state index contributed by atoms with van der Waals surface area (Å²) in [5, 5.41) is 4.35. The second-order valence-electron chi connectivity index (χ2n) is 6.33. The van der Waals surface area contributed by atoms with Crippen molar-refractivity contribution in [1.29, 1.82) is 0 Å². The van der Waals surface area contributed by atoms with Crippen LogP contribution in [0.15, 0.2) is 40.5 Å². The number of aromatic nitrogens is 4. The van der Waals surface area contributed by atoms with Crippen LogP contribution < -0.4 is 16.0 Å². The van der Waals surface area contributed by atoms with E-state index in [4.69, 9.17) is 27.1 Å². The second kappa shape index (κ2) is 8.44. The number of anilines is 2. The Kier molecular flexibility index (Phi) is 5.77. The van der Waals surface area contributed by atoms with E-state index in [0.29, 0.717) is 23.1 Å². The Hall–Kier alpha value is -2.20. The topological polar surface area (TPSA) is 102 Å². The zero-order chi connectivity index (χ0) is 19.5. The minimum absolute atomic E-state index is 0.144. The van der Waals surface area contributed by atoms with Crippen molar-refractivity contribution in [2.24, 2.45) is 0 Å². The van der Waals surface area contributed by atoms with E-state index >= 15 is 0 Å². The summed E-state index contributed by atoms with van der Waals surface area (Å²) in [6.45, 7) is 3.06. The van der Waals surface area contributed by atoms with Gasteiger partial charge in [-0.3, -0.25) is 0 Å². The smallest absolute Gasteiger partial charge is 0.179 e. The highest BCUT2D eigenvalue weighted by atomic mass is 35.5. The molecule has 4 heterocycles. The molecule has 3 aromatic rings. The molecular formula is C18H20ClN7OS. The number of likely N-dealkylation sites (N-methyl/N-ethyl adjacent to an activating group) is 1. The second-order valence-corrected chi connectivity index (χ2v) is 7.77. The van der Waals surface area contributed by atoms with Crippen molar-refractivity contribution in [1.82, 2.24) is 25.3 Å². The van der Waals surface area contributed by atoms with E-state index in [1.54, 1.807) is 12.4 Å². The standard InChI is InChI=1S/C18H20ClN7OS/c1-21-8-11-10-26(6-7-27-11)14-9-23-18-12(24-14)2-3-15(25-18)28-13-4-5-22-17(20)16(13)19/h2-5,9,11,21H,6-8,10H2,1H3,(H2,20,22). The van der Waals surface area contributed by atoms with Crippen LogP contribution in [0.25, 0.3) is 11.2 Å². The van der Waals surface area contributed by atoms with Crippen LogP contribution in [0, 0.1) is 0 Å². The summed E-state index contributed by atoms with van der Waals surface area (Å²) in [5.74, 6) is 1.14. The molecule has 1 unspecified atom stereocenters. The van der Waals surface area contributed by atoms with E-state index in [2.05, 4.69) is 25.2 Å². The predicted molar refractivity (Wildman–Crippen MR) is 111 cm³/mol. The van der Waals surface area contributed by atoms with Gasteiger partial charge in [-0.05, 0) is 25.2 Å². The number of nitrogens with two attached hydrogens (primary N) is 1. The van der Waals surface area contributed by atoms with Crippen LogP contribution in [0.5, 0.6) is 0 Å². The summed E-state index contributed by atoms with van der Waals surface area (Å²) >= 11 is 7.63. The van der Waals surface area contributed by atoms with Gasteiger partial charge < -0.3 is 20.7 Å². The third-order valence-corrected chi connectivity index (χ3v) is 5.86. The molecule has 1 saturated heterocycles. The molecular weight excluding hydrogens is 398 g/mol. The van der Waals surface area contributed by atoms with Gasteiger partial charge in [-0.1, -0.05) is 23.4 Å². The number of halogens is 1. The van der Waals surface area contributed by atoms with Crippen LogP contribution in [-0.4, -0.2) is 59.3 Å². The molecule has 0 amide bonds.